The lowest BCUT2D eigenvalue weighted by molar-refractivity contribution is -0.138. The third-order valence-electron chi connectivity index (χ3n) is 1.86. The van der Waals surface area contributed by atoms with Crippen molar-refractivity contribution in [2.24, 2.45) is 0 Å². The van der Waals surface area contributed by atoms with Crippen molar-refractivity contribution in [2.45, 2.75) is 6.54 Å². The normalized spacial score (nSPS) is 10.2. The molecule has 80 valence electrons. The van der Waals surface area contributed by atoms with Gasteiger partial charge in [0.15, 0.2) is 0 Å². The number of nitrogens with zero attached hydrogens (tertiary/aromatic N) is 2. The fraction of sp³-hybridized carbons (Fsp3) is 0.273. The quantitative estimate of drug-likeness (QED) is 0.709. The molecule has 0 radical (unpaired) electrons. The van der Waals surface area contributed by atoms with E-state index in [2.05, 4.69) is 11.6 Å². The number of carboxylic acids is 1. The first-order valence-corrected chi connectivity index (χ1v) is 4.67. The molecule has 0 aliphatic heterocycles. The summed E-state index contributed by atoms with van der Waals surface area (Å²) in [5, 5.41) is 8.69. The lowest BCUT2D eigenvalue weighted by Gasteiger charge is -2.17. The average molecular weight is 206 g/mol. The van der Waals surface area contributed by atoms with E-state index in [1.54, 1.807) is 17.2 Å². The standard InChI is InChI=1S/C11H14N2O2/c1-2-7-13(9-11(14)15)8-10-5-3-4-6-12-10/h2-6H,1,7-9H2,(H,14,15). The Hall–Kier alpha value is -1.68. The average Bonchev–Trinajstić information content (AvgIpc) is 2.18. The molecule has 0 saturated carbocycles. The van der Waals surface area contributed by atoms with Crippen molar-refractivity contribution in [3.63, 3.8) is 0 Å². The Morgan fingerprint density at radius 2 is 2.40 bits per heavy atom. The molecule has 1 N–H and O–H groups in total. The summed E-state index contributed by atoms with van der Waals surface area (Å²) in [4.78, 5) is 16.5. The largest absolute Gasteiger partial charge is 0.480 e. The van der Waals surface area contributed by atoms with Crippen LogP contribution in [0, 0.1) is 0 Å². The maximum Gasteiger partial charge on any atom is 0.317 e. The summed E-state index contributed by atoms with van der Waals surface area (Å²) < 4.78 is 0. The third-order valence-corrected chi connectivity index (χ3v) is 1.86. The molecule has 1 rings (SSSR count). The van der Waals surface area contributed by atoms with E-state index in [9.17, 15) is 4.79 Å². The third kappa shape index (κ3) is 4.37. The number of aliphatic carboxylic acids is 1. The van der Waals surface area contributed by atoms with Gasteiger partial charge in [-0.25, -0.2) is 0 Å². The summed E-state index contributed by atoms with van der Waals surface area (Å²) in [6, 6.07) is 5.59. The molecule has 1 aromatic rings. The highest BCUT2D eigenvalue weighted by atomic mass is 16.4. The molecule has 0 aliphatic rings. The van der Waals surface area contributed by atoms with Crippen LogP contribution in [0.3, 0.4) is 0 Å². The lowest BCUT2D eigenvalue weighted by Crippen LogP contribution is -2.29. The van der Waals surface area contributed by atoms with Gasteiger partial charge in [-0.3, -0.25) is 14.7 Å². The molecule has 0 aromatic carbocycles. The number of hydrogen-bond donors (Lipinski definition) is 1. The van der Waals surface area contributed by atoms with Crippen LogP contribution in [0.25, 0.3) is 0 Å². The van der Waals surface area contributed by atoms with E-state index < -0.39 is 5.97 Å². The number of carboxylic acid groups (broad SMARTS) is 1. The zero-order valence-corrected chi connectivity index (χ0v) is 8.47. The topological polar surface area (TPSA) is 53.4 Å². The molecule has 4 heteroatoms. The molecule has 1 aromatic heterocycles. The molecule has 0 aliphatic carbocycles. The van der Waals surface area contributed by atoms with Crippen molar-refractivity contribution in [3.8, 4) is 0 Å². The Balaban J connectivity index is 2.58. The van der Waals surface area contributed by atoms with Gasteiger partial charge in [0.2, 0.25) is 0 Å². The number of carbonyl (C=O) groups is 1. The molecule has 1 heterocycles. The second-order valence-electron chi connectivity index (χ2n) is 3.17. The van der Waals surface area contributed by atoms with Gasteiger partial charge in [0.1, 0.15) is 0 Å². The maximum absolute atomic E-state index is 10.6. The van der Waals surface area contributed by atoms with Crippen molar-refractivity contribution in [1.29, 1.82) is 0 Å². The SMILES string of the molecule is C=CCN(CC(=O)O)Cc1ccccn1. The fourth-order valence-corrected chi connectivity index (χ4v) is 1.28. The minimum atomic E-state index is -0.840. The summed E-state index contributed by atoms with van der Waals surface area (Å²) in [6.07, 6.45) is 3.38. The van der Waals surface area contributed by atoms with Crippen molar-refractivity contribution in [1.82, 2.24) is 9.88 Å². The van der Waals surface area contributed by atoms with Crippen molar-refractivity contribution >= 4 is 5.97 Å². The first-order valence-electron chi connectivity index (χ1n) is 4.67. The predicted molar refractivity (Wildman–Crippen MR) is 57.3 cm³/mol. The molecule has 0 saturated heterocycles. The zero-order valence-electron chi connectivity index (χ0n) is 8.47. The molecule has 0 atom stereocenters. The summed E-state index contributed by atoms with van der Waals surface area (Å²) >= 11 is 0. The van der Waals surface area contributed by atoms with Crippen molar-refractivity contribution in [3.05, 3.63) is 42.7 Å². The van der Waals surface area contributed by atoms with Gasteiger partial charge in [-0.2, -0.15) is 0 Å². The van der Waals surface area contributed by atoms with Gasteiger partial charge in [0, 0.05) is 19.3 Å². The van der Waals surface area contributed by atoms with Crippen molar-refractivity contribution < 1.29 is 9.90 Å². The molecular formula is C11H14N2O2. The first kappa shape index (κ1) is 11.4. The van der Waals surface area contributed by atoms with Crippen LogP contribution in [-0.4, -0.2) is 34.0 Å². The van der Waals surface area contributed by atoms with Crippen LogP contribution in [0.2, 0.25) is 0 Å². The van der Waals surface area contributed by atoms with Crippen LogP contribution in [0.1, 0.15) is 5.69 Å². The lowest BCUT2D eigenvalue weighted by atomic mass is 10.3. The van der Waals surface area contributed by atoms with Gasteiger partial charge in [0.05, 0.1) is 12.2 Å². The monoisotopic (exact) mass is 206 g/mol. The fourth-order valence-electron chi connectivity index (χ4n) is 1.28. The van der Waals surface area contributed by atoms with E-state index >= 15 is 0 Å². The summed E-state index contributed by atoms with van der Waals surface area (Å²) in [5.74, 6) is -0.840. The Bertz CT molecular complexity index is 325. The molecule has 0 spiro atoms. The molecule has 0 bridgehead atoms. The number of aromatic nitrogens is 1. The molecule has 4 nitrogen and oxygen atoms in total. The Morgan fingerprint density at radius 3 is 2.93 bits per heavy atom. The predicted octanol–water partition coefficient (Wildman–Crippen LogP) is 1.15. The van der Waals surface area contributed by atoms with Gasteiger partial charge in [-0.05, 0) is 12.1 Å². The van der Waals surface area contributed by atoms with E-state index in [1.165, 1.54) is 0 Å². The minimum Gasteiger partial charge on any atom is -0.480 e. The van der Waals surface area contributed by atoms with E-state index in [0.717, 1.165) is 5.69 Å². The van der Waals surface area contributed by atoms with Crippen LogP contribution in [-0.2, 0) is 11.3 Å². The van der Waals surface area contributed by atoms with Gasteiger partial charge in [0.25, 0.3) is 0 Å². The van der Waals surface area contributed by atoms with Crippen LogP contribution in [0.4, 0.5) is 0 Å². The van der Waals surface area contributed by atoms with Crippen LogP contribution in [0.5, 0.6) is 0 Å². The highest BCUT2D eigenvalue weighted by molar-refractivity contribution is 5.69. The summed E-state index contributed by atoms with van der Waals surface area (Å²) in [5.41, 5.74) is 0.862. The van der Waals surface area contributed by atoms with E-state index in [0.29, 0.717) is 13.1 Å². The van der Waals surface area contributed by atoms with Crippen LogP contribution >= 0.6 is 0 Å². The second-order valence-corrected chi connectivity index (χ2v) is 3.17. The number of hydrogen-bond acceptors (Lipinski definition) is 3. The maximum atomic E-state index is 10.6. The van der Waals surface area contributed by atoms with Gasteiger partial charge >= 0.3 is 5.97 Å². The number of pyridine rings is 1. The van der Waals surface area contributed by atoms with Crippen LogP contribution < -0.4 is 0 Å². The molecule has 15 heavy (non-hydrogen) atoms. The Morgan fingerprint density at radius 1 is 1.60 bits per heavy atom. The smallest absolute Gasteiger partial charge is 0.317 e. The highest BCUT2D eigenvalue weighted by Crippen LogP contribution is 2.00. The van der Waals surface area contributed by atoms with E-state index in [1.807, 2.05) is 18.2 Å². The van der Waals surface area contributed by atoms with Gasteiger partial charge < -0.3 is 5.11 Å². The molecule has 0 fully saturated rings. The van der Waals surface area contributed by atoms with E-state index in [-0.39, 0.29) is 6.54 Å². The first-order chi connectivity index (χ1) is 7.22. The van der Waals surface area contributed by atoms with Crippen molar-refractivity contribution in [2.75, 3.05) is 13.1 Å². The summed E-state index contributed by atoms with van der Waals surface area (Å²) in [6.45, 7) is 4.67. The Kier molecular flexibility index (Phi) is 4.50. The summed E-state index contributed by atoms with van der Waals surface area (Å²) in [7, 11) is 0. The van der Waals surface area contributed by atoms with E-state index in [4.69, 9.17) is 5.11 Å². The van der Waals surface area contributed by atoms with Gasteiger partial charge in [-0.1, -0.05) is 12.1 Å². The minimum absolute atomic E-state index is 0.00257. The molecule has 0 unspecified atom stereocenters. The molecular weight excluding hydrogens is 192 g/mol. The number of rotatable bonds is 6. The highest BCUT2D eigenvalue weighted by Gasteiger charge is 2.08. The Labute approximate surface area is 88.9 Å². The second kappa shape index (κ2) is 5.93. The van der Waals surface area contributed by atoms with Crippen LogP contribution in [0.15, 0.2) is 37.1 Å². The zero-order chi connectivity index (χ0) is 11.1. The molecule has 0 amide bonds. The van der Waals surface area contributed by atoms with Gasteiger partial charge in [-0.15, -0.1) is 6.58 Å².